The van der Waals surface area contributed by atoms with Gasteiger partial charge in [0.15, 0.2) is 0 Å². The van der Waals surface area contributed by atoms with Crippen LogP contribution < -0.4 is 10.2 Å². The lowest BCUT2D eigenvalue weighted by Crippen LogP contribution is -2.20. The molecule has 24 heavy (non-hydrogen) atoms. The van der Waals surface area contributed by atoms with E-state index in [2.05, 4.69) is 35.3 Å². The summed E-state index contributed by atoms with van der Waals surface area (Å²) in [5, 5.41) is 3.15. The standard InChI is InChI=1S/C20H24N2OS/c1-14-8-9-18-15(12-14)13-19(24-18)20(23)21-16-6-2-3-7-17(16)22-10-4-5-11-22/h2-3,6-7,13-14H,4-5,8-12H2,1H3,(H,21,23). The van der Waals surface area contributed by atoms with E-state index in [9.17, 15) is 4.79 Å². The monoisotopic (exact) mass is 340 g/mol. The number of nitrogens with zero attached hydrogens (tertiary/aromatic N) is 1. The van der Waals surface area contributed by atoms with E-state index in [1.807, 2.05) is 12.1 Å². The lowest BCUT2D eigenvalue weighted by molar-refractivity contribution is 0.103. The van der Waals surface area contributed by atoms with E-state index < -0.39 is 0 Å². The number of thiophene rings is 1. The molecule has 1 atom stereocenters. The van der Waals surface area contributed by atoms with Crippen LogP contribution >= 0.6 is 11.3 Å². The van der Waals surface area contributed by atoms with E-state index >= 15 is 0 Å². The summed E-state index contributed by atoms with van der Waals surface area (Å²) in [7, 11) is 0. The fourth-order valence-corrected chi connectivity index (χ4v) is 4.92. The highest BCUT2D eigenvalue weighted by atomic mass is 32.1. The first kappa shape index (κ1) is 15.7. The first-order valence-corrected chi connectivity index (χ1v) is 9.79. The summed E-state index contributed by atoms with van der Waals surface area (Å²) in [6, 6.07) is 10.3. The summed E-state index contributed by atoms with van der Waals surface area (Å²) in [4.78, 5) is 17.4. The maximum Gasteiger partial charge on any atom is 0.265 e. The molecule has 4 heteroatoms. The van der Waals surface area contributed by atoms with Crippen molar-refractivity contribution >= 4 is 28.6 Å². The second-order valence-electron chi connectivity index (χ2n) is 7.07. The van der Waals surface area contributed by atoms with E-state index in [1.54, 1.807) is 11.3 Å². The SMILES string of the molecule is CC1CCc2sc(C(=O)Nc3ccccc3N3CCCC3)cc2C1. The molecule has 2 aliphatic rings. The smallest absolute Gasteiger partial charge is 0.265 e. The number of carbonyl (C=O) groups is 1. The van der Waals surface area contributed by atoms with Crippen LogP contribution in [0.5, 0.6) is 0 Å². The number of benzene rings is 1. The van der Waals surface area contributed by atoms with E-state index in [-0.39, 0.29) is 5.91 Å². The average Bonchev–Trinajstić information content (AvgIpc) is 3.24. The molecule has 1 fully saturated rings. The van der Waals surface area contributed by atoms with Crippen LogP contribution in [0.2, 0.25) is 0 Å². The van der Waals surface area contributed by atoms with Gasteiger partial charge in [-0.15, -0.1) is 11.3 Å². The second-order valence-corrected chi connectivity index (χ2v) is 8.21. The molecule has 0 saturated carbocycles. The molecule has 1 unspecified atom stereocenters. The Bertz CT molecular complexity index is 746. The lowest BCUT2D eigenvalue weighted by Gasteiger charge is -2.21. The molecule has 1 saturated heterocycles. The van der Waals surface area contributed by atoms with Gasteiger partial charge in [-0.25, -0.2) is 0 Å². The molecule has 126 valence electrons. The third-order valence-corrected chi connectivity index (χ3v) is 6.39. The molecule has 1 aliphatic heterocycles. The summed E-state index contributed by atoms with van der Waals surface area (Å²) in [6.07, 6.45) is 5.95. The van der Waals surface area contributed by atoms with Gasteiger partial charge in [-0.2, -0.15) is 0 Å². The zero-order chi connectivity index (χ0) is 16.5. The van der Waals surface area contributed by atoms with Crippen molar-refractivity contribution in [1.29, 1.82) is 0 Å². The Morgan fingerprint density at radius 3 is 2.88 bits per heavy atom. The van der Waals surface area contributed by atoms with Gasteiger partial charge in [0.1, 0.15) is 0 Å². The van der Waals surface area contributed by atoms with Gasteiger partial charge in [0.2, 0.25) is 0 Å². The van der Waals surface area contributed by atoms with Crippen molar-refractivity contribution in [3.63, 3.8) is 0 Å². The molecule has 4 rings (SSSR count). The van der Waals surface area contributed by atoms with Crippen LogP contribution in [0.1, 0.15) is 46.3 Å². The number of anilines is 2. The van der Waals surface area contributed by atoms with Crippen LogP contribution in [0, 0.1) is 5.92 Å². The highest BCUT2D eigenvalue weighted by Crippen LogP contribution is 2.34. The molecule has 2 heterocycles. The number of amides is 1. The van der Waals surface area contributed by atoms with Crippen molar-refractivity contribution in [3.05, 3.63) is 45.6 Å². The number of carbonyl (C=O) groups excluding carboxylic acids is 1. The summed E-state index contributed by atoms with van der Waals surface area (Å²) < 4.78 is 0. The molecular formula is C20H24N2OS. The molecule has 1 aliphatic carbocycles. The minimum Gasteiger partial charge on any atom is -0.370 e. The maximum absolute atomic E-state index is 12.8. The van der Waals surface area contributed by atoms with Gasteiger partial charge < -0.3 is 10.2 Å². The van der Waals surface area contributed by atoms with Crippen molar-refractivity contribution in [2.24, 2.45) is 5.92 Å². The number of fused-ring (bicyclic) bond motifs is 1. The molecular weight excluding hydrogens is 316 g/mol. The van der Waals surface area contributed by atoms with Gasteiger partial charge in [0.05, 0.1) is 16.3 Å². The van der Waals surface area contributed by atoms with Crippen LogP contribution in [0.15, 0.2) is 30.3 Å². The number of hydrogen-bond acceptors (Lipinski definition) is 3. The Morgan fingerprint density at radius 1 is 1.25 bits per heavy atom. The Labute approximate surface area is 147 Å². The quantitative estimate of drug-likeness (QED) is 0.876. The summed E-state index contributed by atoms with van der Waals surface area (Å²) in [5.41, 5.74) is 3.47. The Kier molecular flexibility index (Phi) is 4.31. The minimum absolute atomic E-state index is 0.0358. The average molecular weight is 340 g/mol. The van der Waals surface area contributed by atoms with Gasteiger partial charge in [0.25, 0.3) is 5.91 Å². The number of para-hydroxylation sites is 2. The normalized spacial score (nSPS) is 20.0. The van der Waals surface area contributed by atoms with Gasteiger partial charge in [-0.1, -0.05) is 19.1 Å². The number of aryl methyl sites for hydroxylation is 1. The van der Waals surface area contributed by atoms with Crippen molar-refractivity contribution in [1.82, 2.24) is 0 Å². The largest absolute Gasteiger partial charge is 0.370 e. The van der Waals surface area contributed by atoms with Crippen LogP contribution in [0.25, 0.3) is 0 Å². The molecule has 0 radical (unpaired) electrons. The van der Waals surface area contributed by atoms with E-state index in [0.29, 0.717) is 0 Å². The lowest BCUT2D eigenvalue weighted by atomic mass is 9.90. The third-order valence-electron chi connectivity index (χ3n) is 5.15. The summed E-state index contributed by atoms with van der Waals surface area (Å²) in [6.45, 7) is 4.46. The number of nitrogens with one attached hydrogen (secondary N) is 1. The Balaban J connectivity index is 1.54. The van der Waals surface area contributed by atoms with Gasteiger partial charge >= 0.3 is 0 Å². The van der Waals surface area contributed by atoms with Gasteiger partial charge in [-0.05, 0) is 61.8 Å². The molecule has 1 aromatic heterocycles. The summed E-state index contributed by atoms with van der Waals surface area (Å²) >= 11 is 1.68. The zero-order valence-corrected chi connectivity index (χ0v) is 15.0. The van der Waals surface area contributed by atoms with Crippen molar-refractivity contribution in [3.8, 4) is 0 Å². The van der Waals surface area contributed by atoms with Gasteiger partial charge in [0, 0.05) is 18.0 Å². The molecule has 1 amide bonds. The van der Waals surface area contributed by atoms with Crippen LogP contribution in [-0.4, -0.2) is 19.0 Å². The fourth-order valence-electron chi connectivity index (χ4n) is 3.81. The van der Waals surface area contributed by atoms with Crippen molar-refractivity contribution in [2.45, 2.75) is 39.0 Å². The Hall–Kier alpha value is -1.81. The minimum atomic E-state index is 0.0358. The van der Waals surface area contributed by atoms with Crippen LogP contribution in [0.3, 0.4) is 0 Å². The van der Waals surface area contributed by atoms with E-state index in [1.165, 1.54) is 29.7 Å². The van der Waals surface area contributed by atoms with Crippen molar-refractivity contribution in [2.75, 3.05) is 23.3 Å². The Morgan fingerprint density at radius 2 is 2.04 bits per heavy atom. The number of rotatable bonds is 3. The second kappa shape index (κ2) is 6.60. The zero-order valence-electron chi connectivity index (χ0n) is 14.2. The third kappa shape index (κ3) is 3.07. The predicted octanol–water partition coefficient (Wildman–Crippen LogP) is 4.73. The molecule has 1 N–H and O–H groups in total. The van der Waals surface area contributed by atoms with Crippen LogP contribution in [-0.2, 0) is 12.8 Å². The van der Waals surface area contributed by atoms with Crippen LogP contribution in [0.4, 0.5) is 11.4 Å². The highest BCUT2D eigenvalue weighted by molar-refractivity contribution is 7.14. The maximum atomic E-state index is 12.8. The van der Waals surface area contributed by atoms with E-state index in [4.69, 9.17) is 0 Å². The first-order valence-electron chi connectivity index (χ1n) is 8.97. The molecule has 3 nitrogen and oxygen atoms in total. The van der Waals surface area contributed by atoms with E-state index in [0.717, 1.165) is 48.1 Å². The topological polar surface area (TPSA) is 32.3 Å². The predicted molar refractivity (Wildman–Crippen MR) is 101 cm³/mol. The van der Waals surface area contributed by atoms with Crippen molar-refractivity contribution < 1.29 is 4.79 Å². The van der Waals surface area contributed by atoms with Gasteiger partial charge in [-0.3, -0.25) is 4.79 Å². The highest BCUT2D eigenvalue weighted by Gasteiger charge is 2.22. The number of hydrogen-bond donors (Lipinski definition) is 1. The summed E-state index contributed by atoms with van der Waals surface area (Å²) in [5.74, 6) is 0.771. The molecule has 2 aromatic rings. The fraction of sp³-hybridized carbons (Fsp3) is 0.450. The molecule has 0 spiro atoms. The molecule has 0 bridgehead atoms. The first-order chi connectivity index (χ1) is 11.7. The molecule has 1 aromatic carbocycles.